The van der Waals surface area contributed by atoms with Gasteiger partial charge in [-0.05, 0) is 70.7 Å². The molecule has 0 atom stereocenters. The molecule has 9 nitrogen and oxygen atoms in total. The number of carboxylic acid groups (broad SMARTS) is 2. The third-order valence-electron chi connectivity index (χ3n) is 7.60. The van der Waals surface area contributed by atoms with E-state index >= 15 is 0 Å². The molecule has 55 heavy (non-hydrogen) atoms. The Morgan fingerprint density at radius 1 is 0.818 bits per heavy atom. The van der Waals surface area contributed by atoms with Crippen LogP contribution in [0.4, 0.5) is 33.3 Å². The second kappa shape index (κ2) is 22.2. The number of carbonyl (C=O) groups excluding carboxylic acids is 1. The van der Waals surface area contributed by atoms with E-state index in [9.17, 15) is 31.5 Å². The summed E-state index contributed by atoms with van der Waals surface area (Å²) in [6.45, 7) is 23.3. The predicted molar refractivity (Wildman–Crippen MR) is 200 cm³/mol. The summed E-state index contributed by atoms with van der Waals surface area (Å²) < 4.78 is 68.3. The Morgan fingerprint density at radius 2 is 1.24 bits per heavy atom. The number of carboxylic acids is 2. The van der Waals surface area contributed by atoms with E-state index in [-0.39, 0.29) is 12.7 Å². The Hall–Kier alpha value is -4.39. The van der Waals surface area contributed by atoms with Crippen molar-refractivity contribution in [1.29, 1.82) is 0 Å². The number of para-hydroxylation sites is 1. The van der Waals surface area contributed by atoms with Gasteiger partial charge in [-0.1, -0.05) is 35.4 Å². The molecule has 0 bridgehead atoms. The molecule has 1 aliphatic heterocycles. The number of hydrogen-bond acceptors (Lipinski definition) is 7. The van der Waals surface area contributed by atoms with Crippen LogP contribution < -0.4 is 14.5 Å². The van der Waals surface area contributed by atoms with Crippen LogP contribution in [0.3, 0.4) is 0 Å². The number of carbonyl (C=O) groups is 3. The molecular weight excluding hydrogens is 817 g/mol. The largest absolute Gasteiger partial charge is 0.502 e. The van der Waals surface area contributed by atoms with Crippen molar-refractivity contribution in [2.45, 2.75) is 93.4 Å². The monoisotopic (exact) mass is 867 g/mol. The average Bonchev–Trinajstić information content (AvgIpc) is 3.52. The first-order valence-electron chi connectivity index (χ1n) is 17.2. The standard InChI is InChI=1S/C21H27N2.C10H12O.C7H10F2O4.C2HF3O2.Ru/c1-14-9-16(3)20(17(4)10-14)22-7-8-23(13-22)21-18(5)11-15(2)12-19(21)6;1-8(2)11-10-7-5-4-6-9(10)3;1-2-13-5(10)3-4-7(8,9)6(11)12;3-2(4,5)1(6)7;/h9-13H,7-8H2,1-6H3;3-8H,1-2H3;2-4H2,1H3,(H,11,12);(H,6,7);/q-1;;;;+1. The molecule has 305 valence electrons. The van der Waals surface area contributed by atoms with E-state index < -0.39 is 42.8 Å². The van der Waals surface area contributed by atoms with E-state index in [1.807, 2.05) is 42.7 Å². The number of rotatable bonds is 10. The minimum Gasteiger partial charge on any atom is -0.502 e. The van der Waals surface area contributed by atoms with Crippen LogP contribution in [0.25, 0.3) is 0 Å². The number of anilines is 2. The average molecular weight is 867 g/mol. The molecule has 3 aromatic rings. The van der Waals surface area contributed by atoms with E-state index in [1.165, 1.54) is 51.7 Å². The molecule has 0 saturated carbocycles. The minimum absolute atomic E-state index is 0.0947. The quantitative estimate of drug-likeness (QED) is 0.0893. The van der Waals surface area contributed by atoms with Crippen molar-refractivity contribution in [3.05, 3.63) is 94.1 Å². The van der Waals surface area contributed by atoms with Crippen molar-refractivity contribution in [1.82, 2.24) is 0 Å². The Bertz CT molecular complexity index is 1660. The maximum Gasteiger partial charge on any atom is 0.490 e. The Balaban J connectivity index is 0.000000405. The topological polar surface area (TPSA) is 117 Å². The molecule has 0 spiro atoms. The number of nitrogens with zero attached hydrogens (tertiary/aromatic N) is 2. The van der Waals surface area contributed by atoms with E-state index in [4.69, 9.17) is 19.7 Å². The molecule has 0 unspecified atom stereocenters. The van der Waals surface area contributed by atoms with Gasteiger partial charge < -0.3 is 24.7 Å². The zero-order valence-electron chi connectivity index (χ0n) is 32.5. The van der Waals surface area contributed by atoms with Crippen LogP contribution in [0, 0.1) is 48.2 Å². The van der Waals surface area contributed by atoms with Crippen molar-refractivity contribution in [2.75, 3.05) is 29.5 Å². The predicted octanol–water partition coefficient (Wildman–Crippen LogP) is 8.84. The van der Waals surface area contributed by atoms with E-state index in [2.05, 4.69) is 105 Å². The van der Waals surface area contributed by atoms with Crippen LogP contribution >= 0.6 is 0 Å². The molecule has 2 N–H and O–H groups in total. The van der Waals surface area contributed by atoms with Gasteiger partial charge >= 0.3 is 113 Å². The zero-order chi connectivity index (χ0) is 42.3. The van der Waals surface area contributed by atoms with Gasteiger partial charge in [0.25, 0.3) is 0 Å². The molecule has 1 fully saturated rings. The summed E-state index contributed by atoms with van der Waals surface area (Å²) in [5.41, 5.74) is 12.0. The summed E-state index contributed by atoms with van der Waals surface area (Å²) in [6, 6.07) is 17.1. The van der Waals surface area contributed by atoms with Crippen LogP contribution in [0.5, 0.6) is 5.75 Å². The first-order valence-corrected chi connectivity index (χ1v) is 18.2. The summed E-state index contributed by atoms with van der Waals surface area (Å²) in [5, 5.41) is 15.1. The van der Waals surface area contributed by atoms with Crippen LogP contribution in [0.15, 0.2) is 48.5 Å². The molecule has 4 rings (SSSR count). The van der Waals surface area contributed by atoms with Gasteiger partial charge in [0.2, 0.25) is 0 Å². The molecule has 1 saturated heterocycles. The van der Waals surface area contributed by atoms with Gasteiger partial charge in [0.1, 0.15) is 0 Å². The molecule has 15 heteroatoms. The first kappa shape index (κ1) is 48.6. The summed E-state index contributed by atoms with van der Waals surface area (Å²) in [7, 11) is 0. The Labute approximate surface area is 329 Å². The van der Waals surface area contributed by atoms with Crippen LogP contribution in [0.2, 0.25) is 0 Å². The fraction of sp³-hybridized carbons (Fsp3) is 0.425. The minimum atomic E-state index is -5.08. The van der Waals surface area contributed by atoms with Crippen molar-refractivity contribution in [2.24, 2.45) is 0 Å². The molecule has 0 aliphatic carbocycles. The summed E-state index contributed by atoms with van der Waals surface area (Å²) in [5.74, 6) is -8.70. The Kier molecular flexibility index (Phi) is 19.7. The zero-order valence-corrected chi connectivity index (χ0v) is 34.2. The smallest absolute Gasteiger partial charge is 0.490 e. The maximum absolute atomic E-state index is 12.3. The Morgan fingerprint density at radius 3 is 1.58 bits per heavy atom. The van der Waals surface area contributed by atoms with E-state index in [0.717, 1.165) is 24.4 Å². The number of ether oxygens (including phenoxy) is 2. The second-order valence-corrected chi connectivity index (χ2v) is 13.4. The summed E-state index contributed by atoms with van der Waals surface area (Å²) in [6.07, 6.45) is -6.47. The third-order valence-corrected chi connectivity index (χ3v) is 8.14. The fourth-order valence-electron chi connectivity index (χ4n) is 5.61. The van der Waals surface area contributed by atoms with Gasteiger partial charge in [-0.2, -0.15) is 28.6 Å². The molecule has 1 heterocycles. The SMILES string of the molecule is CC(C)Oc1ccccc1[CH]=[Ru+].CCOC(=O)CCC(F)(F)C(=O)O.Cc1cc(C)c(N2[CH-]N(c3c(C)cc(C)cc3C)CC2)c(C)c1.O=C(O)C(F)(F)F. The van der Waals surface area contributed by atoms with Crippen LogP contribution in [0.1, 0.15) is 72.6 Å². The van der Waals surface area contributed by atoms with Gasteiger partial charge in [0.05, 0.1) is 13.0 Å². The number of hydrogen-bond donors (Lipinski definition) is 2. The molecule has 0 amide bonds. The normalized spacial score (nSPS) is 12.3. The maximum atomic E-state index is 12.3. The molecule has 1 aliphatic rings. The summed E-state index contributed by atoms with van der Waals surface area (Å²) >= 11 is 2.49. The second-order valence-electron chi connectivity index (χ2n) is 12.9. The first-order chi connectivity index (χ1) is 25.4. The van der Waals surface area contributed by atoms with Crippen molar-refractivity contribution in [3.63, 3.8) is 0 Å². The van der Waals surface area contributed by atoms with Crippen LogP contribution in [-0.4, -0.2) is 70.6 Å². The number of halogens is 5. The number of aryl methyl sites for hydroxylation is 6. The number of aliphatic carboxylic acids is 2. The molecular formula is C40H50F5N2O7Ru. The van der Waals surface area contributed by atoms with Gasteiger partial charge in [0, 0.05) is 30.9 Å². The van der Waals surface area contributed by atoms with E-state index in [1.54, 1.807) is 0 Å². The van der Waals surface area contributed by atoms with Gasteiger partial charge in [-0.15, -0.1) is 0 Å². The fourth-order valence-corrected chi connectivity index (χ4v) is 6.03. The van der Waals surface area contributed by atoms with Gasteiger partial charge in [0.15, 0.2) is 0 Å². The van der Waals surface area contributed by atoms with Crippen molar-refractivity contribution >= 4 is 33.9 Å². The number of benzene rings is 3. The van der Waals surface area contributed by atoms with E-state index in [0.29, 0.717) is 0 Å². The number of esters is 1. The van der Waals surface area contributed by atoms with Gasteiger partial charge in [-0.3, -0.25) is 4.79 Å². The summed E-state index contributed by atoms with van der Waals surface area (Å²) in [4.78, 5) is 34.2. The number of alkyl halides is 5. The van der Waals surface area contributed by atoms with Gasteiger partial charge in [-0.25, -0.2) is 9.59 Å². The van der Waals surface area contributed by atoms with Crippen LogP contribution in [-0.2, 0) is 37.0 Å². The molecule has 0 radical (unpaired) electrons. The van der Waals surface area contributed by atoms with Crippen molar-refractivity contribution in [3.8, 4) is 5.75 Å². The molecule has 3 aromatic carbocycles. The van der Waals surface area contributed by atoms with Crippen molar-refractivity contribution < 1.29 is 73.9 Å². The molecule has 0 aromatic heterocycles. The third kappa shape index (κ3) is 16.5.